The number of aryl methyl sites for hydroxylation is 1. The van der Waals surface area contributed by atoms with Crippen molar-refractivity contribution in [1.29, 1.82) is 0 Å². The molecule has 0 heterocycles. The summed E-state index contributed by atoms with van der Waals surface area (Å²) in [5, 5.41) is 9.90. The lowest BCUT2D eigenvalue weighted by atomic mass is 10.0. The van der Waals surface area contributed by atoms with Crippen LogP contribution in [0.25, 0.3) is 11.6 Å². The Kier molecular flexibility index (Phi) is 3.71. The Balaban J connectivity index is 2.27. The van der Waals surface area contributed by atoms with E-state index >= 15 is 0 Å². The molecular formula is C17H17NO. The molecule has 0 unspecified atom stereocenters. The first kappa shape index (κ1) is 13.0. The monoisotopic (exact) mass is 251 g/mol. The fourth-order valence-corrected chi connectivity index (χ4v) is 1.87. The highest BCUT2D eigenvalue weighted by Crippen LogP contribution is 2.30. The highest BCUT2D eigenvalue weighted by atomic mass is 16.3. The largest absolute Gasteiger partial charge is 0.505 e. The highest BCUT2D eigenvalue weighted by Gasteiger charge is 2.05. The van der Waals surface area contributed by atoms with E-state index in [-0.39, 0.29) is 5.75 Å². The van der Waals surface area contributed by atoms with Gasteiger partial charge >= 0.3 is 0 Å². The van der Waals surface area contributed by atoms with Crippen LogP contribution < -0.4 is 5.73 Å². The number of aromatic hydroxyl groups is 1. The molecule has 19 heavy (non-hydrogen) atoms. The van der Waals surface area contributed by atoms with Crippen molar-refractivity contribution in [2.75, 3.05) is 5.73 Å². The number of para-hydroxylation sites is 1. The molecule has 2 aromatic rings. The molecule has 0 radical (unpaired) electrons. The predicted octanol–water partition coefficient (Wildman–Crippen LogP) is 4.01. The third-order valence-corrected chi connectivity index (χ3v) is 3.07. The van der Waals surface area contributed by atoms with E-state index in [0.29, 0.717) is 11.3 Å². The molecule has 3 N–H and O–H groups in total. The molecule has 0 spiro atoms. The molecule has 0 aromatic heterocycles. The third kappa shape index (κ3) is 2.86. The SMILES string of the molecule is C=C(/C=C/c1ccccc1C)c1cccc(N)c1O. The molecule has 0 atom stereocenters. The van der Waals surface area contributed by atoms with Gasteiger partial charge in [0, 0.05) is 5.56 Å². The molecule has 2 aromatic carbocycles. The minimum absolute atomic E-state index is 0.0851. The van der Waals surface area contributed by atoms with Gasteiger partial charge in [0.2, 0.25) is 0 Å². The van der Waals surface area contributed by atoms with Crippen molar-refractivity contribution < 1.29 is 5.11 Å². The van der Waals surface area contributed by atoms with Crippen LogP contribution in [-0.2, 0) is 0 Å². The summed E-state index contributed by atoms with van der Waals surface area (Å²) in [6.45, 7) is 6.03. The number of nitrogen functional groups attached to an aromatic ring is 1. The van der Waals surface area contributed by atoms with Gasteiger partial charge in [-0.25, -0.2) is 0 Å². The molecule has 0 bridgehead atoms. The van der Waals surface area contributed by atoms with Gasteiger partial charge in [0.25, 0.3) is 0 Å². The number of nitrogens with two attached hydrogens (primary N) is 1. The van der Waals surface area contributed by atoms with Crippen LogP contribution in [0, 0.1) is 6.92 Å². The normalized spacial score (nSPS) is 10.8. The molecular weight excluding hydrogens is 234 g/mol. The molecule has 0 saturated carbocycles. The average Bonchev–Trinajstić information content (AvgIpc) is 2.40. The number of phenols is 1. The van der Waals surface area contributed by atoms with Crippen LogP contribution >= 0.6 is 0 Å². The summed E-state index contributed by atoms with van der Waals surface area (Å²) in [4.78, 5) is 0. The Morgan fingerprint density at radius 2 is 1.89 bits per heavy atom. The predicted molar refractivity (Wildman–Crippen MR) is 81.8 cm³/mol. The van der Waals surface area contributed by atoms with Gasteiger partial charge in [-0.15, -0.1) is 0 Å². The molecule has 96 valence electrons. The van der Waals surface area contributed by atoms with Gasteiger partial charge < -0.3 is 10.8 Å². The topological polar surface area (TPSA) is 46.2 Å². The number of anilines is 1. The maximum absolute atomic E-state index is 9.90. The number of hydrogen-bond donors (Lipinski definition) is 2. The van der Waals surface area contributed by atoms with Crippen molar-refractivity contribution in [3.8, 4) is 5.75 Å². The number of rotatable bonds is 3. The van der Waals surface area contributed by atoms with Crippen molar-refractivity contribution >= 4 is 17.3 Å². The van der Waals surface area contributed by atoms with Crippen LogP contribution in [0.15, 0.2) is 55.1 Å². The minimum atomic E-state index is 0.0851. The van der Waals surface area contributed by atoms with E-state index < -0.39 is 0 Å². The minimum Gasteiger partial charge on any atom is -0.505 e. The van der Waals surface area contributed by atoms with E-state index in [9.17, 15) is 5.11 Å². The molecule has 2 nitrogen and oxygen atoms in total. The summed E-state index contributed by atoms with van der Waals surface area (Å²) in [6, 6.07) is 13.4. The van der Waals surface area contributed by atoms with Crippen molar-refractivity contribution in [1.82, 2.24) is 0 Å². The van der Waals surface area contributed by atoms with Gasteiger partial charge in [0.1, 0.15) is 5.75 Å². The summed E-state index contributed by atoms with van der Waals surface area (Å²) in [5.74, 6) is 0.0851. The lowest BCUT2D eigenvalue weighted by Crippen LogP contribution is -1.89. The van der Waals surface area contributed by atoms with Crippen LogP contribution in [0.5, 0.6) is 5.75 Å². The van der Waals surface area contributed by atoms with Gasteiger partial charge in [-0.05, 0) is 29.7 Å². The molecule has 0 aliphatic carbocycles. The number of phenolic OH excluding ortho intramolecular Hbond substituents is 1. The van der Waals surface area contributed by atoms with Crippen molar-refractivity contribution in [2.45, 2.75) is 6.92 Å². The quantitative estimate of drug-likeness (QED) is 0.492. The summed E-state index contributed by atoms with van der Waals surface area (Å²) < 4.78 is 0. The van der Waals surface area contributed by atoms with Crippen LogP contribution in [0.2, 0.25) is 0 Å². The van der Waals surface area contributed by atoms with Gasteiger partial charge in [-0.2, -0.15) is 0 Å². The van der Waals surface area contributed by atoms with Crippen LogP contribution in [-0.4, -0.2) is 5.11 Å². The Bertz CT molecular complexity index is 641. The number of hydrogen-bond acceptors (Lipinski definition) is 2. The zero-order valence-electron chi connectivity index (χ0n) is 10.9. The first-order valence-electron chi connectivity index (χ1n) is 6.10. The molecule has 2 rings (SSSR count). The van der Waals surface area contributed by atoms with Gasteiger partial charge in [0.05, 0.1) is 5.69 Å². The fourth-order valence-electron chi connectivity index (χ4n) is 1.87. The average molecular weight is 251 g/mol. The second-order valence-corrected chi connectivity index (χ2v) is 4.46. The summed E-state index contributed by atoms with van der Waals surface area (Å²) >= 11 is 0. The highest BCUT2D eigenvalue weighted by molar-refractivity contribution is 5.83. The molecule has 0 saturated heterocycles. The third-order valence-electron chi connectivity index (χ3n) is 3.07. The summed E-state index contributed by atoms with van der Waals surface area (Å²) in [5.41, 5.74) is 9.75. The number of benzene rings is 2. The summed E-state index contributed by atoms with van der Waals surface area (Å²) in [6.07, 6.45) is 3.87. The molecule has 0 aliphatic heterocycles. The van der Waals surface area contributed by atoms with Crippen LogP contribution in [0.4, 0.5) is 5.69 Å². The fraction of sp³-hybridized carbons (Fsp3) is 0.0588. The zero-order valence-corrected chi connectivity index (χ0v) is 10.9. The smallest absolute Gasteiger partial charge is 0.146 e. The molecule has 0 aliphatic rings. The molecule has 2 heteroatoms. The van der Waals surface area contributed by atoms with Crippen molar-refractivity contribution in [3.05, 3.63) is 71.8 Å². The van der Waals surface area contributed by atoms with Gasteiger partial charge in [-0.3, -0.25) is 0 Å². The Morgan fingerprint density at radius 1 is 1.16 bits per heavy atom. The Labute approximate surface area is 113 Å². The van der Waals surface area contributed by atoms with Gasteiger partial charge in [-0.1, -0.05) is 55.1 Å². The van der Waals surface area contributed by atoms with Gasteiger partial charge in [0.15, 0.2) is 0 Å². The first-order chi connectivity index (χ1) is 9.09. The van der Waals surface area contributed by atoms with Crippen LogP contribution in [0.3, 0.4) is 0 Å². The Hall–Kier alpha value is -2.48. The van der Waals surface area contributed by atoms with E-state index in [1.807, 2.05) is 30.4 Å². The van der Waals surface area contributed by atoms with Crippen LogP contribution in [0.1, 0.15) is 16.7 Å². The molecule has 0 fully saturated rings. The lowest BCUT2D eigenvalue weighted by Gasteiger charge is -2.06. The van der Waals surface area contributed by atoms with Crippen molar-refractivity contribution in [2.24, 2.45) is 0 Å². The van der Waals surface area contributed by atoms with E-state index in [1.165, 1.54) is 5.56 Å². The summed E-state index contributed by atoms with van der Waals surface area (Å²) in [7, 11) is 0. The van der Waals surface area contributed by atoms with E-state index in [2.05, 4.69) is 19.6 Å². The first-order valence-corrected chi connectivity index (χ1v) is 6.10. The maximum atomic E-state index is 9.90. The second-order valence-electron chi connectivity index (χ2n) is 4.46. The lowest BCUT2D eigenvalue weighted by molar-refractivity contribution is 0.476. The number of allylic oxidation sites excluding steroid dienone is 2. The van der Waals surface area contributed by atoms with E-state index in [0.717, 1.165) is 11.1 Å². The van der Waals surface area contributed by atoms with Crippen molar-refractivity contribution in [3.63, 3.8) is 0 Å². The zero-order chi connectivity index (χ0) is 13.8. The maximum Gasteiger partial charge on any atom is 0.146 e. The van der Waals surface area contributed by atoms with E-state index in [1.54, 1.807) is 18.2 Å². The standard InChI is InChI=1S/C17H17NO/c1-12-6-3-4-7-14(12)11-10-13(2)15-8-5-9-16(18)17(15)19/h3-11,19H,2,18H2,1H3/b11-10+. The molecule has 0 amide bonds. The second kappa shape index (κ2) is 5.44. The van der Waals surface area contributed by atoms with E-state index in [4.69, 9.17) is 5.73 Å². The Morgan fingerprint density at radius 3 is 2.63 bits per heavy atom.